The summed E-state index contributed by atoms with van der Waals surface area (Å²) in [4.78, 5) is 0. The summed E-state index contributed by atoms with van der Waals surface area (Å²) in [6.45, 7) is 0.977. The highest BCUT2D eigenvalue weighted by Crippen LogP contribution is 2.58. The van der Waals surface area contributed by atoms with Crippen LogP contribution in [0.25, 0.3) is 0 Å². The fourth-order valence-electron chi connectivity index (χ4n) is 4.83. The molecule has 18 heavy (non-hydrogen) atoms. The molecule has 0 amide bonds. The molecule has 1 saturated heterocycles. The van der Waals surface area contributed by atoms with Gasteiger partial charge in [-0.3, -0.25) is 0 Å². The Morgan fingerprint density at radius 1 is 1.11 bits per heavy atom. The highest BCUT2D eigenvalue weighted by atomic mass is 19.1. The van der Waals surface area contributed by atoms with Crippen LogP contribution < -0.4 is 5.32 Å². The van der Waals surface area contributed by atoms with Crippen LogP contribution in [0.4, 0.5) is 4.39 Å². The lowest BCUT2D eigenvalue weighted by molar-refractivity contribution is -0.0599. The molecule has 2 aliphatic carbocycles. The topological polar surface area (TPSA) is 12.0 Å². The van der Waals surface area contributed by atoms with Gasteiger partial charge in [-0.05, 0) is 43.4 Å². The fourth-order valence-corrected chi connectivity index (χ4v) is 4.83. The Balaban J connectivity index is 1.96. The van der Waals surface area contributed by atoms with Crippen molar-refractivity contribution in [2.24, 2.45) is 0 Å². The first-order valence-electron chi connectivity index (χ1n) is 7.27. The Hall–Kier alpha value is -0.890. The van der Waals surface area contributed by atoms with E-state index in [9.17, 15) is 0 Å². The number of nitrogens with one attached hydrogen (secondary N) is 1. The lowest BCUT2D eigenvalue weighted by Gasteiger charge is -2.59. The zero-order valence-corrected chi connectivity index (χ0v) is 10.7. The summed E-state index contributed by atoms with van der Waals surface area (Å²) in [5.41, 5.74) is 1.52. The third kappa shape index (κ3) is 1.15. The minimum absolute atomic E-state index is 0.0430. The average Bonchev–Trinajstić information content (AvgIpc) is 2.38. The second-order valence-corrected chi connectivity index (χ2v) is 6.27. The average molecular weight is 245 g/mol. The summed E-state index contributed by atoms with van der Waals surface area (Å²) in [6, 6.07) is 8.62. The molecule has 2 heteroatoms. The largest absolute Gasteiger partial charge is 0.311 e. The first-order valence-corrected chi connectivity index (χ1v) is 7.27. The minimum atomic E-state index is -1.00. The van der Waals surface area contributed by atoms with Crippen LogP contribution in [0.15, 0.2) is 24.3 Å². The number of fused-ring (bicyclic) bond motifs is 1. The molecule has 0 radical (unpaired) electrons. The van der Waals surface area contributed by atoms with E-state index in [0.717, 1.165) is 38.6 Å². The molecule has 1 aromatic carbocycles. The van der Waals surface area contributed by atoms with Crippen molar-refractivity contribution < 1.29 is 4.39 Å². The molecule has 1 N–H and O–H groups in total. The second kappa shape index (κ2) is 3.57. The van der Waals surface area contributed by atoms with Gasteiger partial charge in [0, 0.05) is 11.5 Å². The Bertz CT molecular complexity index is 482. The number of alkyl halides is 1. The van der Waals surface area contributed by atoms with Crippen LogP contribution in [0.3, 0.4) is 0 Å². The molecule has 0 spiro atoms. The molecule has 1 saturated carbocycles. The normalized spacial score (nSPS) is 41.9. The van der Waals surface area contributed by atoms with Gasteiger partial charge in [0.15, 0.2) is 0 Å². The van der Waals surface area contributed by atoms with Crippen LogP contribution in [0, 0.1) is 0 Å². The SMILES string of the molecule is FC12CCCC[C@@]13CCN[C@@H]2Cc1ccccc13. The van der Waals surface area contributed by atoms with Crippen LogP contribution in [-0.2, 0) is 11.8 Å². The van der Waals surface area contributed by atoms with E-state index in [-0.39, 0.29) is 11.5 Å². The van der Waals surface area contributed by atoms with E-state index in [2.05, 4.69) is 29.6 Å². The second-order valence-electron chi connectivity index (χ2n) is 6.27. The zero-order chi connectivity index (χ0) is 12.2. The van der Waals surface area contributed by atoms with Gasteiger partial charge in [0.25, 0.3) is 0 Å². The van der Waals surface area contributed by atoms with Crippen LogP contribution >= 0.6 is 0 Å². The minimum Gasteiger partial charge on any atom is -0.311 e. The van der Waals surface area contributed by atoms with Gasteiger partial charge in [0.1, 0.15) is 5.67 Å². The molecule has 1 aromatic rings. The molecule has 3 aliphatic rings. The van der Waals surface area contributed by atoms with Crippen molar-refractivity contribution in [1.29, 1.82) is 0 Å². The molecule has 96 valence electrons. The summed E-state index contributed by atoms with van der Waals surface area (Å²) >= 11 is 0. The Morgan fingerprint density at radius 3 is 2.89 bits per heavy atom. The molecular formula is C16H20FN. The molecule has 1 nitrogen and oxygen atoms in total. The molecule has 1 unspecified atom stereocenters. The van der Waals surface area contributed by atoms with Crippen molar-refractivity contribution >= 4 is 0 Å². The van der Waals surface area contributed by atoms with Gasteiger partial charge in [0.2, 0.25) is 0 Å². The molecule has 2 fully saturated rings. The quantitative estimate of drug-likeness (QED) is 0.740. The standard InChI is InChI=1S/C16H20FN/c17-16-8-4-3-7-15(16)9-10-18-14(16)11-12-5-1-2-6-13(12)15/h1-2,5-6,14,18H,3-4,7-11H2/t14-,15+,16?/m1/s1. The van der Waals surface area contributed by atoms with Gasteiger partial charge in [0.05, 0.1) is 0 Å². The maximum Gasteiger partial charge on any atom is 0.136 e. The number of piperidine rings is 1. The number of halogens is 1. The molecule has 4 rings (SSSR count). The maximum atomic E-state index is 15.7. The van der Waals surface area contributed by atoms with Crippen LogP contribution in [0.5, 0.6) is 0 Å². The molecule has 2 bridgehead atoms. The van der Waals surface area contributed by atoms with Gasteiger partial charge in [-0.1, -0.05) is 37.1 Å². The lowest BCUT2D eigenvalue weighted by Crippen LogP contribution is -2.69. The maximum absolute atomic E-state index is 15.7. The van der Waals surface area contributed by atoms with Crippen molar-refractivity contribution in [2.75, 3.05) is 6.54 Å². The van der Waals surface area contributed by atoms with Gasteiger partial charge >= 0.3 is 0 Å². The summed E-state index contributed by atoms with van der Waals surface area (Å²) in [5.74, 6) is 0. The van der Waals surface area contributed by atoms with E-state index in [1.54, 1.807) is 0 Å². The predicted molar refractivity (Wildman–Crippen MR) is 70.5 cm³/mol. The van der Waals surface area contributed by atoms with Crippen LogP contribution in [0.1, 0.15) is 43.2 Å². The molecule has 3 atom stereocenters. The number of benzene rings is 1. The van der Waals surface area contributed by atoms with E-state index in [1.807, 2.05) is 0 Å². The number of rotatable bonds is 0. The third-order valence-electron chi connectivity index (χ3n) is 5.64. The first-order chi connectivity index (χ1) is 8.76. The zero-order valence-electron chi connectivity index (χ0n) is 10.7. The lowest BCUT2D eigenvalue weighted by atomic mass is 9.51. The Morgan fingerprint density at radius 2 is 1.94 bits per heavy atom. The van der Waals surface area contributed by atoms with Crippen molar-refractivity contribution in [3.63, 3.8) is 0 Å². The molecule has 1 heterocycles. The first kappa shape index (κ1) is 11.0. The van der Waals surface area contributed by atoms with Crippen molar-refractivity contribution in [1.82, 2.24) is 5.32 Å². The Labute approximate surface area is 108 Å². The van der Waals surface area contributed by atoms with Gasteiger partial charge in [-0.2, -0.15) is 0 Å². The van der Waals surface area contributed by atoms with E-state index in [1.165, 1.54) is 17.5 Å². The third-order valence-corrected chi connectivity index (χ3v) is 5.64. The Kier molecular flexibility index (Phi) is 2.18. The van der Waals surface area contributed by atoms with Crippen molar-refractivity contribution in [3.8, 4) is 0 Å². The molecule has 1 aliphatic heterocycles. The summed E-state index contributed by atoms with van der Waals surface area (Å²) in [6.07, 6.45) is 5.87. The van der Waals surface area contributed by atoms with Crippen LogP contribution in [-0.4, -0.2) is 18.3 Å². The van der Waals surface area contributed by atoms with Gasteiger partial charge < -0.3 is 5.32 Å². The number of hydrogen-bond acceptors (Lipinski definition) is 1. The highest BCUT2D eigenvalue weighted by molar-refractivity contribution is 5.44. The number of hydrogen-bond donors (Lipinski definition) is 1. The molecular weight excluding hydrogens is 225 g/mol. The molecule has 0 aromatic heterocycles. The van der Waals surface area contributed by atoms with E-state index in [4.69, 9.17) is 0 Å². The van der Waals surface area contributed by atoms with Gasteiger partial charge in [-0.15, -0.1) is 0 Å². The van der Waals surface area contributed by atoms with Crippen molar-refractivity contribution in [3.05, 3.63) is 35.4 Å². The van der Waals surface area contributed by atoms with E-state index >= 15 is 4.39 Å². The summed E-state index contributed by atoms with van der Waals surface area (Å²) in [7, 11) is 0. The van der Waals surface area contributed by atoms with Gasteiger partial charge in [-0.25, -0.2) is 4.39 Å². The van der Waals surface area contributed by atoms with E-state index < -0.39 is 5.67 Å². The fraction of sp³-hybridized carbons (Fsp3) is 0.625. The summed E-state index contributed by atoms with van der Waals surface area (Å²) in [5, 5.41) is 3.45. The predicted octanol–water partition coefficient (Wildman–Crippen LogP) is 3.12. The highest BCUT2D eigenvalue weighted by Gasteiger charge is 2.62. The smallest absolute Gasteiger partial charge is 0.136 e. The monoisotopic (exact) mass is 245 g/mol. The van der Waals surface area contributed by atoms with E-state index in [0.29, 0.717) is 0 Å². The van der Waals surface area contributed by atoms with Crippen LogP contribution in [0.2, 0.25) is 0 Å². The van der Waals surface area contributed by atoms with Crippen molar-refractivity contribution in [2.45, 2.75) is 55.7 Å². The summed E-state index contributed by atoms with van der Waals surface area (Å²) < 4.78 is 15.7.